The van der Waals surface area contributed by atoms with Gasteiger partial charge in [0.1, 0.15) is 0 Å². The summed E-state index contributed by atoms with van der Waals surface area (Å²) in [5.41, 5.74) is 0.496. The second-order valence-electron chi connectivity index (χ2n) is 1.71. The number of rotatable bonds is 1. The summed E-state index contributed by atoms with van der Waals surface area (Å²) in [4.78, 5) is 3.85. The average Bonchev–Trinajstić information content (AvgIpc) is 1.95. The number of halogens is 2. The highest BCUT2D eigenvalue weighted by atomic mass is 79.9. The number of pyridine rings is 1. The van der Waals surface area contributed by atoms with Gasteiger partial charge < -0.3 is 5.11 Å². The van der Waals surface area contributed by atoms with Gasteiger partial charge in [0.25, 0.3) is 0 Å². The summed E-state index contributed by atoms with van der Waals surface area (Å²) in [5, 5.41) is 9.15. The zero-order chi connectivity index (χ0) is 7.56. The van der Waals surface area contributed by atoms with E-state index in [2.05, 4.69) is 20.9 Å². The molecule has 0 radical (unpaired) electrons. The number of hydrogen-bond acceptors (Lipinski definition) is 2. The largest absolute Gasteiger partial charge is 0.390 e. The van der Waals surface area contributed by atoms with Gasteiger partial charge in [-0.05, 0) is 22.0 Å². The van der Waals surface area contributed by atoms with Crippen molar-refractivity contribution in [2.45, 2.75) is 6.61 Å². The van der Waals surface area contributed by atoms with Crippen LogP contribution in [0.4, 0.5) is 0 Å². The summed E-state index contributed by atoms with van der Waals surface area (Å²) < 4.78 is 0.758. The fourth-order valence-electron chi connectivity index (χ4n) is 0.571. The van der Waals surface area contributed by atoms with Crippen LogP contribution in [-0.2, 0) is 6.61 Å². The quantitative estimate of drug-likeness (QED) is 0.788. The van der Waals surface area contributed by atoms with Gasteiger partial charge in [-0.2, -0.15) is 0 Å². The first-order valence-electron chi connectivity index (χ1n) is 2.65. The fourth-order valence-corrected chi connectivity index (χ4v) is 1.09. The van der Waals surface area contributed by atoms with Crippen molar-refractivity contribution in [1.82, 2.24) is 4.98 Å². The third-order valence-electron chi connectivity index (χ3n) is 1.06. The van der Waals surface area contributed by atoms with Crippen molar-refractivity contribution in [2.75, 3.05) is 0 Å². The predicted molar refractivity (Wildman–Crippen MR) is 42.9 cm³/mol. The number of aromatic nitrogens is 1. The first kappa shape index (κ1) is 7.98. The molecule has 2 nitrogen and oxygen atoms in total. The lowest BCUT2D eigenvalue weighted by atomic mass is 10.4. The Hall–Kier alpha value is -0.120. The highest BCUT2D eigenvalue weighted by Crippen LogP contribution is 2.23. The molecule has 0 aromatic carbocycles. The molecule has 1 rings (SSSR count). The van der Waals surface area contributed by atoms with E-state index < -0.39 is 0 Å². The average molecular weight is 222 g/mol. The van der Waals surface area contributed by atoms with E-state index >= 15 is 0 Å². The molecule has 0 aliphatic heterocycles. The second kappa shape index (κ2) is 3.32. The molecule has 10 heavy (non-hydrogen) atoms. The van der Waals surface area contributed by atoms with E-state index in [9.17, 15) is 0 Å². The van der Waals surface area contributed by atoms with Crippen molar-refractivity contribution >= 4 is 27.5 Å². The molecule has 1 N–H and O–H groups in total. The summed E-state index contributed by atoms with van der Waals surface area (Å²) in [6, 6.07) is 1.72. The Morgan fingerprint density at radius 2 is 2.40 bits per heavy atom. The number of hydrogen-bond donors (Lipinski definition) is 1. The minimum Gasteiger partial charge on any atom is -0.390 e. The SMILES string of the molecule is OCc1nccc(Br)c1Cl. The minimum atomic E-state index is -0.127. The molecule has 0 bridgehead atoms. The van der Waals surface area contributed by atoms with Crippen molar-refractivity contribution in [2.24, 2.45) is 0 Å². The second-order valence-corrected chi connectivity index (χ2v) is 2.94. The first-order chi connectivity index (χ1) is 4.75. The summed E-state index contributed by atoms with van der Waals surface area (Å²) >= 11 is 8.93. The van der Waals surface area contributed by atoms with Crippen LogP contribution in [0.5, 0.6) is 0 Å². The molecule has 1 heterocycles. The molecule has 0 saturated carbocycles. The number of aliphatic hydroxyl groups excluding tert-OH is 1. The molecule has 0 spiro atoms. The van der Waals surface area contributed by atoms with Gasteiger partial charge in [0, 0.05) is 10.7 Å². The Kier molecular flexibility index (Phi) is 2.65. The van der Waals surface area contributed by atoms with Crippen LogP contribution in [0.1, 0.15) is 5.69 Å². The summed E-state index contributed by atoms with van der Waals surface area (Å²) in [6.45, 7) is -0.127. The van der Waals surface area contributed by atoms with Crippen LogP contribution in [0.3, 0.4) is 0 Å². The first-order valence-corrected chi connectivity index (χ1v) is 3.82. The molecule has 4 heteroatoms. The Morgan fingerprint density at radius 3 is 2.90 bits per heavy atom. The maximum absolute atomic E-state index is 8.68. The van der Waals surface area contributed by atoms with Gasteiger partial charge in [-0.15, -0.1) is 0 Å². The van der Waals surface area contributed by atoms with Crippen LogP contribution < -0.4 is 0 Å². The van der Waals surface area contributed by atoms with Crippen LogP contribution in [0, 0.1) is 0 Å². The smallest absolute Gasteiger partial charge is 0.0868 e. The van der Waals surface area contributed by atoms with Gasteiger partial charge >= 0.3 is 0 Å². The monoisotopic (exact) mass is 221 g/mol. The third kappa shape index (κ3) is 1.48. The molecule has 0 fully saturated rings. The predicted octanol–water partition coefficient (Wildman–Crippen LogP) is 1.99. The van der Waals surface area contributed by atoms with Gasteiger partial charge in [0.2, 0.25) is 0 Å². The molecule has 1 aromatic rings. The Balaban J connectivity index is 3.14. The van der Waals surface area contributed by atoms with Gasteiger partial charge in [-0.1, -0.05) is 11.6 Å². The van der Waals surface area contributed by atoms with E-state index in [1.165, 1.54) is 0 Å². The zero-order valence-corrected chi connectivity index (χ0v) is 7.35. The van der Waals surface area contributed by atoms with Crippen molar-refractivity contribution in [3.63, 3.8) is 0 Å². The zero-order valence-electron chi connectivity index (χ0n) is 5.01. The minimum absolute atomic E-state index is 0.127. The van der Waals surface area contributed by atoms with Crippen molar-refractivity contribution in [3.05, 3.63) is 27.5 Å². The van der Waals surface area contributed by atoms with Crippen LogP contribution in [-0.4, -0.2) is 10.1 Å². The summed E-state index contributed by atoms with van der Waals surface area (Å²) in [7, 11) is 0. The third-order valence-corrected chi connectivity index (χ3v) is 2.37. The molecule has 0 aliphatic rings. The van der Waals surface area contributed by atoms with Crippen LogP contribution >= 0.6 is 27.5 Å². The molecular weight excluding hydrogens is 217 g/mol. The van der Waals surface area contributed by atoms with Crippen molar-refractivity contribution < 1.29 is 5.11 Å². The fraction of sp³-hybridized carbons (Fsp3) is 0.167. The van der Waals surface area contributed by atoms with Crippen LogP contribution in [0.15, 0.2) is 16.7 Å². The number of nitrogens with zero attached hydrogens (tertiary/aromatic N) is 1. The lowest BCUT2D eigenvalue weighted by Crippen LogP contribution is -1.89. The molecule has 0 aliphatic carbocycles. The van der Waals surface area contributed by atoms with E-state index in [-0.39, 0.29) is 6.61 Å². The lowest BCUT2D eigenvalue weighted by molar-refractivity contribution is 0.277. The summed E-state index contributed by atoms with van der Waals surface area (Å²) in [6.07, 6.45) is 1.58. The maximum Gasteiger partial charge on any atom is 0.0868 e. The van der Waals surface area contributed by atoms with Crippen LogP contribution in [0.25, 0.3) is 0 Å². The van der Waals surface area contributed by atoms with Crippen LogP contribution in [0.2, 0.25) is 5.02 Å². The molecule has 54 valence electrons. The summed E-state index contributed by atoms with van der Waals surface area (Å²) in [5.74, 6) is 0. The Labute approximate surface area is 72.0 Å². The molecule has 0 amide bonds. The van der Waals surface area contributed by atoms with E-state index in [0.717, 1.165) is 4.47 Å². The normalized spacial score (nSPS) is 9.90. The maximum atomic E-state index is 8.68. The van der Waals surface area contributed by atoms with E-state index in [4.69, 9.17) is 16.7 Å². The van der Waals surface area contributed by atoms with E-state index in [0.29, 0.717) is 10.7 Å². The highest BCUT2D eigenvalue weighted by molar-refractivity contribution is 9.10. The van der Waals surface area contributed by atoms with E-state index in [1.54, 1.807) is 12.3 Å². The lowest BCUT2D eigenvalue weighted by Gasteiger charge is -1.98. The molecule has 0 saturated heterocycles. The Bertz CT molecular complexity index is 241. The molecule has 1 aromatic heterocycles. The molecule has 0 unspecified atom stereocenters. The molecular formula is C6H5BrClNO. The van der Waals surface area contributed by atoms with Crippen molar-refractivity contribution in [1.29, 1.82) is 0 Å². The Morgan fingerprint density at radius 1 is 1.70 bits per heavy atom. The van der Waals surface area contributed by atoms with Gasteiger partial charge in [-0.25, -0.2) is 0 Å². The number of aliphatic hydroxyl groups is 1. The van der Waals surface area contributed by atoms with E-state index in [1.807, 2.05) is 0 Å². The standard InChI is InChI=1S/C6H5BrClNO/c7-4-1-2-9-5(3-10)6(4)8/h1-2,10H,3H2. The topological polar surface area (TPSA) is 33.1 Å². The van der Waals surface area contributed by atoms with Crippen molar-refractivity contribution in [3.8, 4) is 0 Å². The highest BCUT2D eigenvalue weighted by Gasteiger charge is 2.02. The van der Waals surface area contributed by atoms with Gasteiger partial charge in [0.05, 0.1) is 17.3 Å². The molecule has 0 atom stereocenters. The van der Waals surface area contributed by atoms with Gasteiger partial charge in [0.15, 0.2) is 0 Å². The van der Waals surface area contributed by atoms with Gasteiger partial charge in [-0.3, -0.25) is 4.98 Å².